The Hall–Kier alpha value is -3.23. The Balaban J connectivity index is 1.77. The second-order valence-electron chi connectivity index (χ2n) is 10.7. The van der Waals surface area contributed by atoms with Gasteiger partial charge < -0.3 is 14.6 Å². The predicted octanol–water partition coefficient (Wildman–Crippen LogP) is 6.34. The van der Waals surface area contributed by atoms with Gasteiger partial charge in [-0.25, -0.2) is 0 Å². The number of ether oxygens (including phenoxy) is 2. The second kappa shape index (κ2) is 11.6. The van der Waals surface area contributed by atoms with Crippen molar-refractivity contribution < 1.29 is 29.0 Å². The molecule has 1 aliphatic heterocycles. The minimum absolute atomic E-state index is 0.0583. The molecule has 0 spiro atoms. The molecule has 0 saturated heterocycles. The van der Waals surface area contributed by atoms with E-state index in [1.165, 1.54) is 6.92 Å². The molecule has 0 bridgehead atoms. The van der Waals surface area contributed by atoms with E-state index in [-0.39, 0.29) is 32.0 Å². The normalized spacial score (nSPS) is 19.5. The topological polar surface area (TPSA) is 93.1 Å². The number of benzene rings is 3. The van der Waals surface area contributed by atoms with Gasteiger partial charge >= 0.3 is 5.97 Å². The molecular weight excluding hydrogens is 565 g/mol. The van der Waals surface area contributed by atoms with Crippen molar-refractivity contribution in [1.82, 2.24) is 4.90 Å². The Bertz CT molecular complexity index is 1470. The number of hydrogen-bond donors (Lipinski definition) is 1. The monoisotopic (exact) mass is 595 g/mol. The minimum Gasteiger partial charge on any atom is -0.466 e. The zero-order chi connectivity index (χ0) is 29.4. The molecule has 5 rings (SSSR count). The van der Waals surface area contributed by atoms with Crippen LogP contribution in [-0.4, -0.2) is 47.5 Å². The Labute approximate surface area is 249 Å². The smallest absolute Gasteiger partial charge is 0.308 e. The fraction of sp³-hybridized carbons (Fsp3) is 0.344. The number of carbonyl (C=O) groups is 3. The third-order valence-corrected chi connectivity index (χ3v) is 8.43. The summed E-state index contributed by atoms with van der Waals surface area (Å²) in [5.74, 6) is -1.08. The van der Waals surface area contributed by atoms with Crippen molar-refractivity contribution in [3.05, 3.63) is 105 Å². The van der Waals surface area contributed by atoms with E-state index in [0.717, 1.165) is 12.8 Å². The number of amides is 1. The molecule has 3 aromatic rings. The van der Waals surface area contributed by atoms with Gasteiger partial charge in [-0.3, -0.25) is 19.3 Å². The van der Waals surface area contributed by atoms with Gasteiger partial charge in [-0.1, -0.05) is 59.6 Å². The number of carbonyl (C=O) groups excluding carboxylic acids is 3. The summed E-state index contributed by atoms with van der Waals surface area (Å²) in [6.45, 7) is 3.45. The number of nitrogens with zero attached hydrogens (tertiary/aromatic N) is 1. The van der Waals surface area contributed by atoms with Crippen molar-refractivity contribution in [3.8, 4) is 0 Å². The first-order valence-corrected chi connectivity index (χ1v) is 14.3. The van der Waals surface area contributed by atoms with Gasteiger partial charge in [0.05, 0.1) is 32.3 Å². The summed E-state index contributed by atoms with van der Waals surface area (Å²) in [4.78, 5) is 41.5. The molecule has 1 saturated carbocycles. The average Bonchev–Trinajstić information content (AvgIpc) is 3.71. The van der Waals surface area contributed by atoms with Crippen LogP contribution in [0.3, 0.4) is 0 Å². The molecule has 9 heteroatoms. The van der Waals surface area contributed by atoms with Crippen molar-refractivity contribution >= 4 is 40.9 Å². The zero-order valence-electron chi connectivity index (χ0n) is 22.9. The van der Waals surface area contributed by atoms with Gasteiger partial charge in [0.25, 0.3) is 5.91 Å². The molecular formula is C32H31Cl2NO6. The number of esters is 1. The Morgan fingerprint density at radius 2 is 1.63 bits per heavy atom. The third kappa shape index (κ3) is 5.52. The standard InChI is InChI=1S/C32H31Cl2NO6/c1-3-40-29(38)17-28(21-4-9-24(33)10-5-21)35-30(39)26-16-22(20(2)37)6-13-27(26)32(35,23-7-11-25(34)12-8-23)41-19-31(18-36)14-15-31/h4-13,16,28,36H,3,14-15,17-19H2,1-2H3. The van der Waals surface area contributed by atoms with Crippen molar-refractivity contribution in [2.45, 2.75) is 44.9 Å². The molecule has 2 atom stereocenters. The quantitative estimate of drug-likeness (QED) is 0.205. The van der Waals surface area contributed by atoms with Crippen molar-refractivity contribution in [1.29, 1.82) is 0 Å². The van der Waals surface area contributed by atoms with Gasteiger partial charge in [-0.05, 0) is 62.6 Å². The maximum absolute atomic E-state index is 14.5. The fourth-order valence-electron chi connectivity index (χ4n) is 5.40. The summed E-state index contributed by atoms with van der Waals surface area (Å²) >= 11 is 12.5. The average molecular weight is 597 g/mol. The number of hydrogen-bond acceptors (Lipinski definition) is 6. The molecule has 214 valence electrons. The fourth-order valence-corrected chi connectivity index (χ4v) is 5.66. The van der Waals surface area contributed by atoms with E-state index in [1.807, 2.05) is 0 Å². The number of aliphatic hydroxyl groups is 1. The molecule has 7 nitrogen and oxygen atoms in total. The van der Waals surface area contributed by atoms with Crippen LogP contribution in [0.25, 0.3) is 0 Å². The molecule has 2 unspecified atom stereocenters. The first-order chi connectivity index (χ1) is 19.6. The van der Waals surface area contributed by atoms with E-state index in [1.54, 1.807) is 78.6 Å². The molecule has 0 radical (unpaired) electrons. The third-order valence-electron chi connectivity index (χ3n) is 7.93. The molecule has 3 aromatic carbocycles. The lowest BCUT2D eigenvalue weighted by Gasteiger charge is -2.44. The van der Waals surface area contributed by atoms with E-state index in [4.69, 9.17) is 32.7 Å². The van der Waals surface area contributed by atoms with E-state index in [2.05, 4.69) is 0 Å². The molecule has 1 amide bonds. The highest BCUT2D eigenvalue weighted by Gasteiger charge is 2.57. The van der Waals surface area contributed by atoms with Crippen molar-refractivity contribution in [2.75, 3.05) is 19.8 Å². The summed E-state index contributed by atoms with van der Waals surface area (Å²) in [5.41, 5.74) is 0.546. The molecule has 2 aliphatic rings. The Morgan fingerprint density at radius 1 is 1.00 bits per heavy atom. The van der Waals surface area contributed by atoms with Gasteiger partial charge in [0.1, 0.15) is 0 Å². The maximum atomic E-state index is 14.5. The minimum atomic E-state index is -1.51. The van der Waals surface area contributed by atoms with Crippen LogP contribution in [-0.2, 0) is 20.0 Å². The zero-order valence-corrected chi connectivity index (χ0v) is 24.4. The molecule has 1 fully saturated rings. The van der Waals surface area contributed by atoms with Crippen molar-refractivity contribution in [2.24, 2.45) is 5.41 Å². The summed E-state index contributed by atoms with van der Waals surface area (Å²) in [5, 5.41) is 11.1. The van der Waals surface area contributed by atoms with Crippen LogP contribution in [0.5, 0.6) is 0 Å². The molecule has 41 heavy (non-hydrogen) atoms. The molecule has 0 aromatic heterocycles. The van der Waals surface area contributed by atoms with E-state index < -0.39 is 29.1 Å². The van der Waals surface area contributed by atoms with E-state index in [9.17, 15) is 19.5 Å². The van der Waals surface area contributed by atoms with Crippen LogP contribution in [0.1, 0.15) is 76.6 Å². The summed E-state index contributed by atoms with van der Waals surface area (Å²) in [6, 6.07) is 18.1. The largest absolute Gasteiger partial charge is 0.466 e. The number of Topliss-reactive ketones (excluding diaryl/α,β-unsaturated/α-hetero) is 1. The number of fused-ring (bicyclic) bond motifs is 1. The van der Waals surface area contributed by atoms with E-state index in [0.29, 0.717) is 37.9 Å². The lowest BCUT2D eigenvalue weighted by molar-refractivity contribution is -0.154. The first-order valence-electron chi connectivity index (χ1n) is 13.6. The van der Waals surface area contributed by atoms with Gasteiger partial charge in [0.15, 0.2) is 11.5 Å². The van der Waals surface area contributed by atoms with Crippen LogP contribution in [0.2, 0.25) is 10.0 Å². The van der Waals surface area contributed by atoms with Crippen LogP contribution in [0.4, 0.5) is 0 Å². The highest BCUT2D eigenvalue weighted by Crippen LogP contribution is 2.53. The predicted molar refractivity (Wildman–Crippen MR) is 155 cm³/mol. The number of halogens is 2. The van der Waals surface area contributed by atoms with Crippen molar-refractivity contribution in [3.63, 3.8) is 0 Å². The molecule has 1 heterocycles. The first kappa shape index (κ1) is 29.3. The maximum Gasteiger partial charge on any atom is 0.308 e. The van der Waals surface area contributed by atoms with Gasteiger partial charge in [-0.2, -0.15) is 0 Å². The molecule has 1 N–H and O–H groups in total. The summed E-state index contributed by atoms with van der Waals surface area (Å²) < 4.78 is 12.2. The second-order valence-corrected chi connectivity index (χ2v) is 11.5. The summed E-state index contributed by atoms with van der Waals surface area (Å²) in [6.07, 6.45) is 1.42. The number of ketones is 1. The van der Waals surface area contributed by atoms with Crippen LogP contribution in [0.15, 0.2) is 66.7 Å². The van der Waals surface area contributed by atoms with E-state index >= 15 is 0 Å². The van der Waals surface area contributed by atoms with Crippen LogP contribution < -0.4 is 0 Å². The SMILES string of the molecule is CCOC(=O)CC(c1ccc(Cl)cc1)N1C(=O)c2cc(C(C)=O)ccc2C1(OCC1(CO)CC1)c1ccc(Cl)cc1. The molecule has 1 aliphatic carbocycles. The highest BCUT2D eigenvalue weighted by molar-refractivity contribution is 6.30. The van der Waals surface area contributed by atoms with Gasteiger partial charge in [-0.15, -0.1) is 0 Å². The van der Waals surface area contributed by atoms with Gasteiger partial charge in [0.2, 0.25) is 0 Å². The Kier molecular flexibility index (Phi) is 8.26. The lowest BCUT2D eigenvalue weighted by atomic mass is 9.90. The summed E-state index contributed by atoms with van der Waals surface area (Å²) in [7, 11) is 0. The van der Waals surface area contributed by atoms with Crippen LogP contribution >= 0.6 is 23.2 Å². The Morgan fingerprint density at radius 3 is 2.20 bits per heavy atom. The van der Waals surface area contributed by atoms with Crippen LogP contribution in [0, 0.1) is 5.41 Å². The lowest BCUT2D eigenvalue weighted by Crippen LogP contribution is -2.50. The van der Waals surface area contributed by atoms with Gasteiger partial charge in [0, 0.05) is 37.7 Å². The number of rotatable bonds is 11. The number of aliphatic hydroxyl groups excluding tert-OH is 1. The highest BCUT2D eigenvalue weighted by atomic mass is 35.5.